The molecule has 0 N–H and O–H groups in total. The first-order valence-corrected chi connectivity index (χ1v) is 24.1. The number of halogens is 4. The van der Waals surface area contributed by atoms with Crippen LogP contribution in [0, 0.1) is 59.4 Å². The van der Waals surface area contributed by atoms with Crippen molar-refractivity contribution in [1.82, 2.24) is 0 Å². The normalized spacial score (nSPS) is 23.1. The molecule has 2 aromatic rings. The molecular formula is C36H32Cl4SiZr+2. The summed E-state index contributed by atoms with van der Waals surface area (Å²) in [6.07, 6.45) is 21.7. The van der Waals surface area contributed by atoms with Crippen molar-refractivity contribution in [3.8, 4) is 0 Å². The Morgan fingerprint density at radius 1 is 0.762 bits per heavy atom. The van der Waals surface area contributed by atoms with Crippen molar-refractivity contribution in [3.63, 3.8) is 0 Å². The van der Waals surface area contributed by atoms with Crippen molar-refractivity contribution in [2.45, 2.75) is 39.3 Å². The quantitative estimate of drug-likeness (QED) is 0.275. The summed E-state index contributed by atoms with van der Waals surface area (Å²) in [5, 5.41) is 1.54. The van der Waals surface area contributed by atoms with Crippen LogP contribution in [-0.4, -0.2) is 8.07 Å². The first-order chi connectivity index (χ1) is 20.2. The van der Waals surface area contributed by atoms with Crippen LogP contribution in [0.3, 0.4) is 0 Å². The van der Waals surface area contributed by atoms with E-state index in [-0.39, 0.29) is 5.92 Å². The van der Waals surface area contributed by atoms with Gasteiger partial charge in [-0.15, -0.1) is 0 Å². The molecule has 0 spiro atoms. The number of rotatable bonds is 4. The van der Waals surface area contributed by atoms with Crippen LogP contribution in [0.5, 0.6) is 0 Å². The van der Waals surface area contributed by atoms with Gasteiger partial charge >= 0.3 is 37.9 Å². The second-order valence-electron chi connectivity index (χ2n) is 11.4. The van der Waals surface area contributed by atoms with Gasteiger partial charge < -0.3 is 0 Å². The van der Waals surface area contributed by atoms with E-state index in [4.69, 9.17) is 40.2 Å². The number of hydrogen-bond acceptors (Lipinski definition) is 0. The molecule has 4 aliphatic rings. The van der Waals surface area contributed by atoms with Gasteiger partial charge in [0.05, 0.1) is 8.07 Å². The average molecular weight is 726 g/mol. The van der Waals surface area contributed by atoms with E-state index < -0.39 is 28.9 Å². The summed E-state index contributed by atoms with van der Waals surface area (Å²) in [7, 11) is 7.76. The van der Waals surface area contributed by atoms with E-state index >= 15 is 0 Å². The Morgan fingerprint density at radius 3 is 2.05 bits per heavy atom. The van der Waals surface area contributed by atoms with Gasteiger partial charge in [-0.1, -0.05) is 117 Å². The summed E-state index contributed by atoms with van der Waals surface area (Å²) in [5.41, 5.74) is 6.89. The summed E-state index contributed by atoms with van der Waals surface area (Å²) in [4.78, 5) is 0. The second kappa shape index (κ2) is 14.4. The van der Waals surface area contributed by atoms with Crippen LogP contribution < -0.4 is 0 Å². The zero-order valence-corrected chi connectivity index (χ0v) is 30.6. The van der Waals surface area contributed by atoms with Gasteiger partial charge in [-0.2, -0.15) is 0 Å². The molecule has 0 aromatic heterocycles. The van der Waals surface area contributed by atoms with Gasteiger partial charge in [-0.3, -0.25) is 0 Å². The minimum absolute atomic E-state index is 0.213. The zero-order valence-electron chi connectivity index (χ0n) is 24.1. The fraction of sp³-hybridized carbons (Fsp3) is 0.167. The van der Waals surface area contributed by atoms with Crippen molar-refractivity contribution in [2.75, 3.05) is 0 Å². The molecule has 0 saturated heterocycles. The van der Waals surface area contributed by atoms with E-state index in [1.807, 2.05) is 24.3 Å². The Balaban J connectivity index is 0.00000113. The molecule has 6 rings (SSSR count). The molecule has 6 heteroatoms. The molecule has 42 heavy (non-hydrogen) atoms. The van der Waals surface area contributed by atoms with E-state index in [9.17, 15) is 0 Å². The summed E-state index contributed by atoms with van der Waals surface area (Å²) in [6.45, 7) is 9.71. The zero-order chi connectivity index (χ0) is 30.0. The van der Waals surface area contributed by atoms with E-state index in [1.165, 1.54) is 52.2 Å². The molecule has 0 amide bonds. The Hall–Kier alpha value is -0.340. The molecule has 0 aliphatic heterocycles. The summed E-state index contributed by atoms with van der Waals surface area (Å²) >= 11 is 11.6. The SMILES string of the molecule is C[C]1[CH][C]2[C](C=CC=CC2c2ccc(Cl)cc2)[C]1[Si](C)(C)[C]1[C](C)[CH][C]2[C]1CC=CC=C2c1ccc(Cl)cc1.[Cl][Zr+2][Cl]. The summed E-state index contributed by atoms with van der Waals surface area (Å²) in [6, 6.07) is 16.6. The summed E-state index contributed by atoms with van der Waals surface area (Å²) < 4.78 is 0. The molecular weight excluding hydrogens is 694 g/mol. The second-order valence-corrected chi connectivity index (χ2v) is 20.2. The Bertz CT molecular complexity index is 1330. The first kappa shape index (κ1) is 33.0. The molecule has 10 radical (unpaired) electrons. The van der Waals surface area contributed by atoms with Crippen LogP contribution in [0.25, 0.3) is 5.57 Å². The standard InChI is InChI=1S/C36H32Cl2Si.2ClH.Zr/c1-23-21-33-29(25-13-17-27(37)18-14-25)9-5-7-11-31(33)35(23)39(3,4)36-24(2)22-34-30(10-6-8-12-32(34)36)26-15-19-28(38)20-16-26;;;/h5-11,13-22,29H,12H2,1-4H3;2*1H;/q;;;+4/p-2. The van der Waals surface area contributed by atoms with Crippen molar-refractivity contribution in [2.24, 2.45) is 0 Å². The van der Waals surface area contributed by atoms with Crippen LogP contribution in [-0.2, 0) is 20.8 Å². The topological polar surface area (TPSA) is 0 Å². The Kier molecular flexibility index (Phi) is 11.3. The maximum atomic E-state index is 6.23. The van der Waals surface area contributed by atoms with E-state index in [1.54, 1.807) is 11.1 Å². The van der Waals surface area contributed by atoms with Crippen LogP contribution in [0.1, 0.15) is 37.3 Å². The molecule has 0 bridgehead atoms. The van der Waals surface area contributed by atoms with Crippen LogP contribution >= 0.6 is 40.2 Å². The van der Waals surface area contributed by atoms with Crippen LogP contribution in [0.2, 0.25) is 23.1 Å². The molecule has 2 saturated carbocycles. The van der Waals surface area contributed by atoms with Gasteiger partial charge in [-0.05, 0) is 89.1 Å². The van der Waals surface area contributed by atoms with Gasteiger partial charge in [0.15, 0.2) is 0 Å². The molecule has 0 nitrogen and oxygen atoms in total. The Morgan fingerprint density at radius 2 is 1.38 bits per heavy atom. The average Bonchev–Trinajstić information content (AvgIpc) is 3.29. The third kappa shape index (κ3) is 6.76. The molecule has 1 atom stereocenters. The van der Waals surface area contributed by atoms with E-state index in [2.05, 4.69) is 107 Å². The van der Waals surface area contributed by atoms with Gasteiger partial charge in [0, 0.05) is 33.7 Å². The fourth-order valence-electron chi connectivity index (χ4n) is 6.91. The number of allylic oxidation sites excluding steroid dienone is 8. The van der Waals surface area contributed by atoms with Crippen LogP contribution in [0.4, 0.5) is 0 Å². The third-order valence-corrected chi connectivity index (χ3v) is 12.8. The van der Waals surface area contributed by atoms with E-state index in [0.717, 1.165) is 16.5 Å². The monoisotopic (exact) mass is 722 g/mol. The predicted molar refractivity (Wildman–Crippen MR) is 181 cm³/mol. The summed E-state index contributed by atoms with van der Waals surface area (Å²) in [5.74, 6) is 8.67. The van der Waals surface area contributed by atoms with Gasteiger partial charge in [0.25, 0.3) is 0 Å². The first-order valence-electron chi connectivity index (χ1n) is 14.0. The molecule has 2 aromatic carbocycles. The number of benzene rings is 2. The van der Waals surface area contributed by atoms with Crippen molar-refractivity contribution in [1.29, 1.82) is 0 Å². The van der Waals surface area contributed by atoms with Crippen molar-refractivity contribution >= 4 is 53.9 Å². The molecule has 0 heterocycles. The maximum absolute atomic E-state index is 6.23. The van der Waals surface area contributed by atoms with Gasteiger partial charge in [0.1, 0.15) is 0 Å². The number of fused-ring (bicyclic) bond motifs is 2. The van der Waals surface area contributed by atoms with E-state index in [0.29, 0.717) is 0 Å². The predicted octanol–water partition coefficient (Wildman–Crippen LogP) is 11.5. The third-order valence-electron chi connectivity index (χ3n) is 8.39. The molecule has 210 valence electrons. The molecule has 4 aliphatic carbocycles. The van der Waals surface area contributed by atoms with Crippen molar-refractivity contribution in [3.05, 3.63) is 172 Å². The molecule has 2 fully saturated rings. The Labute approximate surface area is 283 Å². The van der Waals surface area contributed by atoms with Crippen LogP contribution in [0.15, 0.2) is 91.1 Å². The number of hydrogen-bond donors (Lipinski definition) is 0. The van der Waals surface area contributed by atoms with Crippen molar-refractivity contribution < 1.29 is 20.8 Å². The van der Waals surface area contributed by atoms with Gasteiger partial charge in [0.2, 0.25) is 0 Å². The molecule has 1 unspecified atom stereocenters. The van der Waals surface area contributed by atoms with Gasteiger partial charge in [-0.25, -0.2) is 0 Å². The fourth-order valence-corrected chi connectivity index (χ4v) is 11.4. The minimum atomic E-state index is -2.10.